The van der Waals surface area contributed by atoms with Gasteiger partial charge in [0.25, 0.3) is 0 Å². The van der Waals surface area contributed by atoms with E-state index in [9.17, 15) is 0 Å². The van der Waals surface area contributed by atoms with Gasteiger partial charge < -0.3 is 0 Å². The van der Waals surface area contributed by atoms with Crippen molar-refractivity contribution < 1.29 is 0 Å². The number of halogens is 1. The van der Waals surface area contributed by atoms with Gasteiger partial charge in [-0.15, -0.1) is 11.3 Å². The SMILES string of the molecule is Cc1ccc(C(Br)c2cc3c(s2)CCSC3)c(C)c1. The molecule has 3 heteroatoms. The van der Waals surface area contributed by atoms with E-state index >= 15 is 0 Å². The first-order valence-corrected chi connectivity index (χ1v) is 9.44. The lowest BCUT2D eigenvalue weighted by molar-refractivity contribution is 1.13. The second-order valence-corrected chi connectivity index (χ2v) is 8.31. The summed E-state index contributed by atoms with van der Waals surface area (Å²) in [5.41, 5.74) is 5.67. The van der Waals surface area contributed by atoms with Gasteiger partial charge in [0.1, 0.15) is 0 Å². The second kappa shape index (κ2) is 5.63. The summed E-state index contributed by atoms with van der Waals surface area (Å²) in [4.78, 5) is 3.40. The van der Waals surface area contributed by atoms with Gasteiger partial charge in [0.15, 0.2) is 0 Å². The van der Waals surface area contributed by atoms with Crippen molar-refractivity contribution in [1.29, 1.82) is 0 Å². The highest BCUT2D eigenvalue weighted by molar-refractivity contribution is 9.09. The number of rotatable bonds is 2. The predicted octanol–water partition coefficient (Wildman–Crippen LogP) is 5.64. The summed E-state index contributed by atoms with van der Waals surface area (Å²) in [6.45, 7) is 4.36. The first kappa shape index (κ1) is 13.7. The van der Waals surface area contributed by atoms with E-state index in [0.29, 0.717) is 4.83 Å². The van der Waals surface area contributed by atoms with Crippen LogP contribution >= 0.6 is 39.0 Å². The van der Waals surface area contributed by atoms with Crippen molar-refractivity contribution in [3.8, 4) is 0 Å². The average Bonchev–Trinajstić information content (AvgIpc) is 2.81. The largest absolute Gasteiger partial charge is 0.157 e. The monoisotopic (exact) mass is 352 g/mol. The molecular weight excluding hydrogens is 336 g/mol. The molecule has 0 bridgehead atoms. The topological polar surface area (TPSA) is 0 Å². The van der Waals surface area contributed by atoms with Crippen LogP contribution in [0.15, 0.2) is 24.3 Å². The van der Waals surface area contributed by atoms with Crippen molar-refractivity contribution in [2.45, 2.75) is 30.8 Å². The molecule has 2 heterocycles. The Morgan fingerprint density at radius 3 is 2.79 bits per heavy atom. The smallest absolute Gasteiger partial charge is 0.0740 e. The van der Waals surface area contributed by atoms with Crippen molar-refractivity contribution in [3.63, 3.8) is 0 Å². The summed E-state index contributed by atoms with van der Waals surface area (Å²) < 4.78 is 0. The van der Waals surface area contributed by atoms with Crippen molar-refractivity contribution in [3.05, 3.63) is 56.3 Å². The Balaban J connectivity index is 1.94. The van der Waals surface area contributed by atoms with Crippen molar-refractivity contribution in [2.24, 2.45) is 0 Å². The summed E-state index contributed by atoms with van der Waals surface area (Å²) in [6.07, 6.45) is 1.25. The van der Waals surface area contributed by atoms with Gasteiger partial charge in [0.05, 0.1) is 4.83 Å². The molecule has 0 spiro atoms. The highest BCUT2D eigenvalue weighted by Crippen LogP contribution is 2.41. The van der Waals surface area contributed by atoms with Crippen LogP contribution in [-0.2, 0) is 12.2 Å². The quantitative estimate of drug-likeness (QED) is 0.630. The fourth-order valence-electron chi connectivity index (χ4n) is 2.56. The number of aryl methyl sites for hydroxylation is 3. The molecule has 0 amide bonds. The fourth-order valence-corrected chi connectivity index (χ4v) is 5.86. The molecule has 0 N–H and O–H groups in total. The van der Waals surface area contributed by atoms with Gasteiger partial charge in [0, 0.05) is 15.5 Å². The molecule has 0 aliphatic carbocycles. The molecule has 0 nitrogen and oxygen atoms in total. The van der Waals surface area contributed by atoms with E-state index in [1.54, 1.807) is 10.4 Å². The number of alkyl halides is 1. The molecule has 0 radical (unpaired) electrons. The minimum atomic E-state index is 0.341. The molecular formula is C16H17BrS2. The Morgan fingerprint density at radius 2 is 2.05 bits per heavy atom. The van der Waals surface area contributed by atoms with Crippen LogP contribution in [0.5, 0.6) is 0 Å². The third-order valence-electron chi connectivity index (χ3n) is 3.59. The van der Waals surface area contributed by atoms with Crippen LogP contribution in [0.1, 0.15) is 36.8 Å². The number of fused-ring (bicyclic) bond motifs is 1. The van der Waals surface area contributed by atoms with E-state index in [-0.39, 0.29) is 0 Å². The zero-order valence-electron chi connectivity index (χ0n) is 11.2. The molecule has 1 unspecified atom stereocenters. The fraction of sp³-hybridized carbons (Fsp3) is 0.375. The maximum atomic E-state index is 3.90. The average molecular weight is 353 g/mol. The highest BCUT2D eigenvalue weighted by Gasteiger charge is 2.19. The Bertz CT molecular complexity index is 577. The van der Waals surface area contributed by atoms with Gasteiger partial charge in [0.2, 0.25) is 0 Å². The summed E-state index contributed by atoms with van der Waals surface area (Å²) in [6, 6.07) is 9.15. The van der Waals surface area contributed by atoms with Gasteiger partial charge in [-0.3, -0.25) is 0 Å². The Hall–Kier alpha value is -0.250. The molecule has 0 fully saturated rings. The maximum Gasteiger partial charge on any atom is 0.0740 e. The lowest BCUT2D eigenvalue weighted by Crippen LogP contribution is -1.96. The number of thiophene rings is 1. The summed E-state index contributed by atoms with van der Waals surface area (Å²) >= 11 is 7.95. The van der Waals surface area contributed by atoms with Crippen LogP contribution in [0.2, 0.25) is 0 Å². The molecule has 1 aliphatic heterocycles. The zero-order valence-corrected chi connectivity index (χ0v) is 14.4. The third-order valence-corrected chi connectivity index (χ3v) is 7.19. The van der Waals surface area contributed by atoms with E-state index in [1.807, 2.05) is 11.3 Å². The number of hydrogen-bond acceptors (Lipinski definition) is 2. The first-order valence-electron chi connectivity index (χ1n) is 6.55. The number of thioether (sulfide) groups is 1. The van der Waals surface area contributed by atoms with Crippen LogP contribution in [0.25, 0.3) is 0 Å². The summed E-state index contributed by atoms with van der Waals surface area (Å²) in [5.74, 6) is 2.47. The molecule has 1 atom stereocenters. The van der Waals surface area contributed by atoms with Crippen molar-refractivity contribution >= 4 is 39.0 Å². The molecule has 19 heavy (non-hydrogen) atoms. The first-order chi connectivity index (χ1) is 9.15. The number of hydrogen-bond donors (Lipinski definition) is 0. The Labute approximate surface area is 131 Å². The van der Waals surface area contributed by atoms with Gasteiger partial charge in [-0.25, -0.2) is 0 Å². The van der Waals surface area contributed by atoms with Crippen LogP contribution in [0.4, 0.5) is 0 Å². The van der Waals surface area contributed by atoms with Crippen LogP contribution in [0.3, 0.4) is 0 Å². The van der Waals surface area contributed by atoms with E-state index in [0.717, 1.165) is 0 Å². The van der Waals surface area contributed by atoms with E-state index in [2.05, 4.69) is 65.8 Å². The van der Waals surface area contributed by atoms with Gasteiger partial charge in [-0.2, -0.15) is 11.8 Å². The Morgan fingerprint density at radius 1 is 1.21 bits per heavy atom. The van der Waals surface area contributed by atoms with Crippen LogP contribution in [0, 0.1) is 13.8 Å². The predicted molar refractivity (Wildman–Crippen MR) is 90.9 cm³/mol. The molecule has 0 saturated heterocycles. The molecule has 1 aromatic carbocycles. The normalized spacial score (nSPS) is 16.2. The minimum absolute atomic E-state index is 0.341. The lowest BCUT2D eigenvalue weighted by Gasteiger charge is -2.12. The van der Waals surface area contributed by atoms with Crippen LogP contribution in [-0.4, -0.2) is 5.75 Å². The minimum Gasteiger partial charge on any atom is -0.157 e. The molecule has 3 rings (SSSR count). The molecule has 1 aromatic heterocycles. The zero-order chi connectivity index (χ0) is 13.4. The van der Waals surface area contributed by atoms with E-state index in [4.69, 9.17) is 0 Å². The lowest BCUT2D eigenvalue weighted by atomic mass is 10.0. The van der Waals surface area contributed by atoms with Crippen molar-refractivity contribution in [2.75, 3.05) is 5.75 Å². The van der Waals surface area contributed by atoms with Gasteiger partial charge >= 0.3 is 0 Å². The van der Waals surface area contributed by atoms with Crippen molar-refractivity contribution in [1.82, 2.24) is 0 Å². The standard InChI is InChI=1S/C16H17BrS2/c1-10-3-4-13(11(2)7-10)16(17)15-8-12-9-18-6-5-14(12)19-15/h3-4,7-8,16H,5-6,9H2,1-2H3. The van der Waals surface area contributed by atoms with Gasteiger partial charge in [-0.1, -0.05) is 39.7 Å². The summed E-state index contributed by atoms with van der Waals surface area (Å²) in [7, 11) is 0. The molecule has 0 saturated carbocycles. The summed E-state index contributed by atoms with van der Waals surface area (Å²) in [5, 5.41) is 0. The molecule has 1 aliphatic rings. The Kier molecular flexibility index (Phi) is 4.06. The molecule has 100 valence electrons. The van der Waals surface area contributed by atoms with E-state index < -0.39 is 0 Å². The highest BCUT2D eigenvalue weighted by atomic mass is 79.9. The number of benzene rings is 1. The molecule has 2 aromatic rings. The maximum absolute atomic E-state index is 3.90. The third kappa shape index (κ3) is 2.79. The van der Waals surface area contributed by atoms with E-state index in [1.165, 1.54) is 39.5 Å². The van der Waals surface area contributed by atoms with Crippen LogP contribution < -0.4 is 0 Å². The second-order valence-electron chi connectivity index (χ2n) is 5.12. The van der Waals surface area contributed by atoms with Gasteiger partial charge in [-0.05, 0) is 48.8 Å².